The monoisotopic (exact) mass is 369 g/mol. The summed E-state index contributed by atoms with van der Waals surface area (Å²) >= 11 is 0. The molecule has 7 nitrogen and oxygen atoms in total. The Balaban J connectivity index is 1.54. The molecule has 0 spiro atoms. The van der Waals surface area contributed by atoms with E-state index in [2.05, 4.69) is 37.6 Å². The summed E-state index contributed by atoms with van der Waals surface area (Å²) < 4.78 is 5.34. The van der Waals surface area contributed by atoms with Crippen molar-refractivity contribution < 1.29 is 9.53 Å². The second kappa shape index (κ2) is 8.92. The van der Waals surface area contributed by atoms with Gasteiger partial charge in [-0.25, -0.2) is 9.97 Å². The average molecular weight is 369 g/mol. The maximum atomic E-state index is 12.5. The Morgan fingerprint density at radius 1 is 1.11 bits per heavy atom. The van der Waals surface area contributed by atoms with Crippen molar-refractivity contribution >= 4 is 17.4 Å². The van der Waals surface area contributed by atoms with Gasteiger partial charge in [-0.2, -0.15) is 0 Å². The van der Waals surface area contributed by atoms with E-state index in [1.54, 1.807) is 6.20 Å². The van der Waals surface area contributed by atoms with Gasteiger partial charge in [-0.1, -0.05) is 17.7 Å². The number of hydrogen-bond donors (Lipinski definition) is 2. The predicted octanol–water partition coefficient (Wildman–Crippen LogP) is 2.40. The maximum Gasteiger partial charge on any atom is 0.275 e. The van der Waals surface area contributed by atoms with Crippen molar-refractivity contribution in [2.24, 2.45) is 0 Å². The molecule has 2 aromatic rings. The van der Waals surface area contributed by atoms with E-state index in [1.807, 2.05) is 20.8 Å². The van der Waals surface area contributed by atoms with Crippen LogP contribution in [0.15, 0.2) is 24.5 Å². The number of hydrogen-bond acceptors (Lipinski definition) is 6. The molecule has 7 heteroatoms. The third-order valence-corrected chi connectivity index (χ3v) is 4.64. The van der Waals surface area contributed by atoms with Crippen molar-refractivity contribution in [3.63, 3.8) is 0 Å². The fourth-order valence-electron chi connectivity index (χ4n) is 3.26. The largest absolute Gasteiger partial charge is 0.379 e. The van der Waals surface area contributed by atoms with Gasteiger partial charge in [-0.15, -0.1) is 0 Å². The first-order valence-corrected chi connectivity index (χ1v) is 9.28. The number of carbonyl (C=O) groups is 1. The van der Waals surface area contributed by atoms with Crippen LogP contribution in [-0.2, 0) is 4.74 Å². The molecule has 1 amide bonds. The summed E-state index contributed by atoms with van der Waals surface area (Å²) in [5.74, 6) is 0.417. The number of aryl methyl sites for hydroxylation is 3. The van der Waals surface area contributed by atoms with E-state index < -0.39 is 0 Å². The van der Waals surface area contributed by atoms with Crippen LogP contribution in [-0.4, -0.2) is 60.2 Å². The maximum absolute atomic E-state index is 12.5. The second-order valence-corrected chi connectivity index (χ2v) is 6.90. The third kappa shape index (κ3) is 5.24. The average Bonchev–Trinajstić information content (AvgIpc) is 2.66. The molecule has 0 unspecified atom stereocenters. The number of amides is 1. The van der Waals surface area contributed by atoms with Crippen LogP contribution in [0.25, 0.3) is 0 Å². The number of carbonyl (C=O) groups excluding carboxylic acids is 1. The molecule has 1 aliphatic rings. The molecule has 144 valence electrons. The van der Waals surface area contributed by atoms with E-state index in [1.165, 1.54) is 11.8 Å². The van der Waals surface area contributed by atoms with E-state index >= 15 is 0 Å². The first-order valence-electron chi connectivity index (χ1n) is 9.28. The fraction of sp³-hybridized carbons (Fsp3) is 0.450. The normalized spacial score (nSPS) is 14.8. The van der Waals surface area contributed by atoms with Crippen LogP contribution in [0.3, 0.4) is 0 Å². The van der Waals surface area contributed by atoms with Crippen LogP contribution in [0.4, 0.5) is 11.5 Å². The molecule has 27 heavy (non-hydrogen) atoms. The predicted molar refractivity (Wildman–Crippen MR) is 106 cm³/mol. The van der Waals surface area contributed by atoms with Crippen LogP contribution in [0.5, 0.6) is 0 Å². The number of ether oxygens (including phenoxy) is 1. The molecular weight excluding hydrogens is 342 g/mol. The Hall–Kier alpha value is -2.51. The smallest absolute Gasteiger partial charge is 0.275 e. The van der Waals surface area contributed by atoms with Crippen molar-refractivity contribution in [3.05, 3.63) is 46.9 Å². The zero-order valence-corrected chi connectivity index (χ0v) is 16.2. The molecule has 2 heterocycles. The molecule has 0 radical (unpaired) electrons. The topological polar surface area (TPSA) is 79.4 Å². The summed E-state index contributed by atoms with van der Waals surface area (Å²) in [7, 11) is 0. The first-order chi connectivity index (χ1) is 13.0. The summed E-state index contributed by atoms with van der Waals surface area (Å²) in [6.45, 7) is 11.2. The lowest BCUT2D eigenvalue weighted by Crippen LogP contribution is -2.39. The van der Waals surface area contributed by atoms with Gasteiger partial charge in [-0.05, 0) is 31.9 Å². The standard InChI is InChI=1S/C20H27N5O2/c1-14-10-15(2)19(16(3)11-14)24-20(26)17-12-23-18(13-22-17)21-4-5-25-6-8-27-9-7-25/h10-13H,4-9H2,1-3H3,(H,21,23)(H,24,26). The van der Waals surface area contributed by atoms with Gasteiger partial charge in [0.25, 0.3) is 5.91 Å². The van der Waals surface area contributed by atoms with E-state index in [0.29, 0.717) is 11.5 Å². The number of anilines is 2. The summed E-state index contributed by atoms with van der Waals surface area (Å²) in [4.78, 5) is 23.4. The molecule has 0 atom stereocenters. The first kappa shape index (κ1) is 19.3. The number of benzene rings is 1. The highest BCUT2D eigenvalue weighted by atomic mass is 16.5. The Labute approximate surface area is 160 Å². The van der Waals surface area contributed by atoms with Crippen LogP contribution in [0.2, 0.25) is 0 Å². The van der Waals surface area contributed by atoms with Gasteiger partial charge >= 0.3 is 0 Å². The molecule has 2 N–H and O–H groups in total. The number of nitrogens with zero attached hydrogens (tertiary/aromatic N) is 3. The van der Waals surface area contributed by atoms with Crippen molar-refractivity contribution in [1.29, 1.82) is 0 Å². The van der Waals surface area contributed by atoms with Crippen LogP contribution in [0, 0.1) is 20.8 Å². The van der Waals surface area contributed by atoms with E-state index in [-0.39, 0.29) is 5.91 Å². The highest BCUT2D eigenvalue weighted by molar-refractivity contribution is 6.03. The molecule has 1 aliphatic heterocycles. The number of morpholine rings is 1. The van der Waals surface area contributed by atoms with Gasteiger partial charge in [-0.3, -0.25) is 9.69 Å². The lowest BCUT2D eigenvalue weighted by Gasteiger charge is -2.26. The Kier molecular flexibility index (Phi) is 6.36. The van der Waals surface area contributed by atoms with Crippen molar-refractivity contribution in [3.8, 4) is 0 Å². The Morgan fingerprint density at radius 3 is 2.44 bits per heavy atom. The molecule has 1 aromatic carbocycles. The van der Waals surface area contributed by atoms with Gasteiger partial charge in [0.2, 0.25) is 0 Å². The summed E-state index contributed by atoms with van der Waals surface area (Å²) in [6.07, 6.45) is 3.11. The third-order valence-electron chi connectivity index (χ3n) is 4.64. The van der Waals surface area contributed by atoms with E-state index in [9.17, 15) is 4.79 Å². The van der Waals surface area contributed by atoms with Crippen molar-refractivity contribution in [1.82, 2.24) is 14.9 Å². The summed E-state index contributed by atoms with van der Waals surface area (Å²) in [5, 5.41) is 6.19. The minimum absolute atomic E-state index is 0.252. The van der Waals surface area contributed by atoms with Gasteiger partial charge in [0, 0.05) is 31.9 Å². The molecule has 0 saturated carbocycles. The van der Waals surface area contributed by atoms with Gasteiger partial charge in [0.1, 0.15) is 11.5 Å². The van der Waals surface area contributed by atoms with E-state index in [4.69, 9.17) is 4.74 Å². The molecule has 1 fully saturated rings. The quantitative estimate of drug-likeness (QED) is 0.814. The minimum atomic E-state index is -0.252. The fourth-order valence-corrected chi connectivity index (χ4v) is 3.26. The van der Waals surface area contributed by atoms with Crippen LogP contribution >= 0.6 is 0 Å². The second-order valence-electron chi connectivity index (χ2n) is 6.90. The summed E-state index contributed by atoms with van der Waals surface area (Å²) in [6, 6.07) is 4.10. The molecule has 1 saturated heterocycles. The molecule has 0 aliphatic carbocycles. The highest BCUT2D eigenvalue weighted by Crippen LogP contribution is 2.22. The number of nitrogens with one attached hydrogen (secondary N) is 2. The minimum Gasteiger partial charge on any atom is -0.379 e. The zero-order valence-electron chi connectivity index (χ0n) is 16.2. The van der Waals surface area contributed by atoms with Crippen LogP contribution in [0.1, 0.15) is 27.2 Å². The lowest BCUT2D eigenvalue weighted by molar-refractivity contribution is 0.0398. The van der Waals surface area contributed by atoms with Crippen LogP contribution < -0.4 is 10.6 Å². The number of rotatable bonds is 6. The Morgan fingerprint density at radius 2 is 1.81 bits per heavy atom. The molecule has 3 rings (SSSR count). The molecular formula is C20H27N5O2. The van der Waals surface area contributed by atoms with Gasteiger partial charge in [0.15, 0.2) is 0 Å². The van der Waals surface area contributed by atoms with E-state index in [0.717, 1.165) is 56.2 Å². The zero-order chi connectivity index (χ0) is 19.2. The lowest BCUT2D eigenvalue weighted by atomic mass is 10.1. The molecule has 1 aromatic heterocycles. The van der Waals surface area contributed by atoms with Gasteiger partial charge in [0.05, 0.1) is 25.6 Å². The highest BCUT2D eigenvalue weighted by Gasteiger charge is 2.13. The SMILES string of the molecule is Cc1cc(C)c(NC(=O)c2cnc(NCCN3CCOCC3)cn2)c(C)c1. The van der Waals surface area contributed by atoms with Crippen molar-refractivity contribution in [2.45, 2.75) is 20.8 Å². The molecule has 0 bridgehead atoms. The summed E-state index contributed by atoms with van der Waals surface area (Å²) in [5.41, 5.74) is 4.38. The number of aromatic nitrogens is 2. The Bertz CT molecular complexity index is 762. The van der Waals surface area contributed by atoms with Gasteiger partial charge < -0.3 is 15.4 Å². The van der Waals surface area contributed by atoms with Crippen molar-refractivity contribution in [2.75, 3.05) is 50.0 Å².